The monoisotopic (exact) mass is 373 g/mol. The van der Waals surface area contributed by atoms with E-state index in [1.54, 1.807) is 13.8 Å². The second kappa shape index (κ2) is 8.24. The summed E-state index contributed by atoms with van der Waals surface area (Å²) in [6.45, 7) is 6.87. The molecule has 1 aliphatic rings. The van der Waals surface area contributed by atoms with E-state index in [0.29, 0.717) is 5.92 Å². The Morgan fingerprint density at radius 3 is 2.81 bits per heavy atom. The van der Waals surface area contributed by atoms with Gasteiger partial charge in [-0.1, -0.05) is 13.3 Å². The molecule has 2 atom stereocenters. The molecule has 0 radical (unpaired) electrons. The lowest BCUT2D eigenvalue weighted by Gasteiger charge is -2.34. The third-order valence-corrected chi connectivity index (χ3v) is 4.71. The third kappa shape index (κ3) is 5.09. The summed E-state index contributed by atoms with van der Waals surface area (Å²) in [7, 11) is 0. The van der Waals surface area contributed by atoms with Crippen LogP contribution >= 0.6 is 0 Å². The Hall–Kier alpha value is -1.83. The quantitative estimate of drug-likeness (QED) is 0.805. The minimum atomic E-state index is -4.56. The number of aromatic nitrogens is 1. The molecular formula is C18H26F3N3O2. The van der Waals surface area contributed by atoms with Gasteiger partial charge in [0.25, 0.3) is 0 Å². The van der Waals surface area contributed by atoms with Crippen molar-refractivity contribution < 1.29 is 22.7 Å². The number of pyridine rings is 1. The van der Waals surface area contributed by atoms with Crippen LogP contribution in [0.2, 0.25) is 0 Å². The first-order chi connectivity index (χ1) is 12.1. The molecule has 2 heterocycles. The predicted molar refractivity (Wildman–Crippen MR) is 91.7 cm³/mol. The van der Waals surface area contributed by atoms with Crippen LogP contribution in [0.3, 0.4) is 0 Å². The molecule has 1 saturated heterocycles. The van der Waals surface area contributed by atoms with E-state index < -0.39 is 23.0 Å². The summed E-state index contributed by atoms with van der Waals surface area (Å²) < 4.78 is 44.3. The molecule has 26 heavy (non-hydrogen) atoms. The Balaban J connectivity index is 2.01. The van der Waals surface area contributed by atoms with Gasteiger partial charge in [-0.3, -0.25) is 4.79 Å². The summed E-state index contributed by atoms with van der Waals surface area (Å²) in [5.74, 6) is -0.390. The highest BCUT2D eigenvalue weighted by molar-refractivity contribution is 5.82. The second-order valence-electron chi connectivity index (χ2n) is 7.27. The zero-order valence-electron chi connectivity index (χ0n) is 15.3. The molecule has 1 amide bonds. The zero-order valence-corrected chi connectivity index (χ0v) is 15.3. The van der Waals surface area contributed by atoms with Gasteiger partial charge in [0.05, 0.1) is 5.41 Å². The van der Waals surface area contributed by atoms with Crippen LogP contribution in [0.15, 0.2) is 18.3 Å². The lowest BCUT2D eigenvalue weighted by atomic mass is 9.88. The first-order valence-corrected chi connectivity index (χ1v) is 8.82. The smallest absolute Gasteiger partial charge is 0.421 e. The topological polar surface area (TPSA) is 63.2 Å². The van der Waals surface area contributed by atoms with Gasteiger partial charge in [0.1, 0.15) is 12.2 Å². The molecule has 2 rings (SSSR count). The summed E-state index contributed by atoms with van der Waals surface area (Å²) in [6, 6.07) is 2.18. The molecular weight excluding hydrogens is 347 g/mol. The Bertz CT molecular complexity index is 620. The number of amides is 1. The molecule has 2 N–H and O–H groups in total. The van der Waals surface area contributed by atoms with E-state index in [2.05, 4.69) is 22.5 Å². The fraction of sp³-hybridized carbons (Fsp3) is 0.667. The highest BCUT2D eigenvalue weighted by atomic mass is 19.4. The number of rotatable bonds is 6. The third-order valence-electron chi connectivity index (χ3n) is 4.71. The van der Waals surface area contributed by atoms with Gasteiger partial charge in [-0.15, -0.1) is 0 Å². The van der Waals surface area contributed by atoms with E-state index in [9.17, 15) is 18.0 Å². The van der Waals surface area contributed by atoms with Gasteiger partial charge in [-0.2, -0.15) is 13.2 Å². The Morgan fingerprint density at radius 1 is 1.42 bits per heavy atom. The Morgan fingerprint density at radius 2 is 2.15 bits per heavy atom. The van der Waals surface area contributed by atoms with Gasteiger partial charge >= 0.3 is 6.18 Å². The lowest BCUT2D eigenvalue weighted by molar-refractivity contribution is -0.139. The summed E-state index contributed by atoms with van der Waals surface area (Å²) in [6.07, 6.45) is -1.55. The van der Waals surface area contributed by atoms with Gasteiger partial charge in [-0.25, -0.2) is 4.98 Å². The molecule has 0 bridgehead atoms. The van der Waals surface area contributed by atoms with E-state index >= 15 is 0 Å². The van der Waals surface area contributed by atoms with Crippen LogP contribution in [0.1, 0.15) is 39.2 Å². The number of hydrogen-bond acceptors (Lipinski definition) is 4. The fourth-order valence-electron chi connectivity index (χ4n) is 2.94. The summed E-state index contributed by atoms with van der Waals surface area (Å²) >= 11 is 0. The number of alkyl halides is 3. The number of nitrogens with zero attached hydrogens (tertiary/aromatic N) is 1. The largest absolute Gasteiger partial charge is 0.476 e. The summed E-state index contributed by atoms with van der Waals surface area (Å²) in [4.78, 5) is 16.3. The van der Waals surface area contributed by atoms with E-state index in [0.717, 1.165) is 32.0 Å². The van der Waals surface area contributed by atoms with Crippen LogP contribution in [-0.4, -0.2) is 36.6 Å². The molecule has 8 heteroatoms. The van der Waals surface area contributed by atoms with E-state index in [1.165, 1.54) is 12.3 Å². The molecule has 0 aliphatic carbocycles. The summed E-state index contributed by atoms with van der Waals surface area (Å²) in [5.41, 5.74) is -1.93. The van der Waals surface area contributed by atoms with Crippen LogP contribution in [0.4, 0.5) is 13.2 Å². The number of ether oxygens (including phenoxy) is 1. The van der Waals surface area contributed by atoms with E-state index in [4.69, 9.17) is 4.74 Å². The maximum absolute atomic E-state index is 13.0. The average Bonchev–Trinajstić information content (AvgIpc) is 2.60. The van der Waals surface area contributed by atoms with Crippen molar-refractivity contribution in [3.8, 4) is 5.88 Å². The van der Waals surface area contributed by atoms with Gasteiger partial charge in [-0.05, 0) is 51.4 Å². The van der Waals surface area contributed by atoms with Crippen molar-refractivity contribution in [3.63, 3.8) is 0 Å². The first-order valence-electron chi connectivity index (χ1n) is 8.82. The average molecular weight is 373 g/mol. The number of carbonyl (C=O) groups excluding carboxylic acids is 1. The van der Waals surface area contributed by atoms with Crippen molar-refractivity contribution in [1.29, 1.82) is 0 Å². The van der Waals surface area contributed by atoms with Crippen molar-refractivity contribution in [2.75, 3.05) is 19.7 Å². The van der Waals surface area contributed by atoms with Gasteiger partial charge in [0.15, 0.2) is 0 Å². The molecule has 1 aromatic rings. The normalized spacial score (nSPS) is 21.3. The van der Waals surface area contributed by atoms with Crippen molar-refractivity contribution in [2.45, 2.75) is 45.8 Å². The molecule has 0 saturated carbocycles. The molecule has 2 unspecified atom stereocenters. The van der Waals surface area contributed by atoms with Gasteiger partial charge in [0, 0.05) is 12.2 Å². The molecule has 146 valence electrons. The Labute approximate surface area is 151 Å². The van der Waals surface area contributed by atoms with Crippen molar-refractivity contribution >= 4 is 5.91 Å². The molecule has 5 nitrogen and oxygen atoms in total. The highest BCUT2D eigenvalue weighted by Gasteiger charge is 2.37. The van der Waals surface area contributed by atoms with Crippen LogP contribution in [0.25, 0.3) is 0 Å². The molecule has 0 spiro atoms. The van der Waals surface area contributed by atoms with Crippen LogP contribution in [-0.2, 0) is 11.0 Å². The van der Waals surface area contributed by atoms with Crippen molar-refractivity contribution in [2.24, 2.45) is 11.3 Å². The van der Waals surface area contributed by atoms with Gasteiger partial charge < -0.3 is 15.4 Å². The van der Waals surface area contributed by atoms with Crippen molar-refractivity contribution in [3.05, 3.63) is 23.9 Å². The molecule has 1 aromatic heterocycles. The molecule has 1 aliphatic heterocycles. The lowest BCUT2D eigenvalue weighted by Crippen LogP contribution is -2.53. The fourth-order valence-corrected chi connectivity index (χ4v) is 2.94. The van der Waals surface area contributed by atoms with E-state index in [1.807, 2.05) is 0 Å². The van der Waals surface area contributed by atoms with Crippen molar-refractivity contribution in [1.82, 2.24) is 15.6 Å². The number of nitrogens with one attached hydrogen (secondary N) is 2. The SMILES string of the molecule is CCC1CNCCC1NC(=O)C(C)(C)COc1ncccc1C(F)(F)F. The first kappa shape index (κ1) is 20.5. The van der Waals surface area contributed by atoms with E-state index in [-0.39, 0.29) is 18.6 Å². The zero-order chi connectivity index (χ0) is 19.4. The number of hydrogen-bond donors (Lipinski definition) is 2. The van der Waals surface area contributed by atoms with Gasteiger partial charge in [0.2, 0.25) is 11.8 Å². The minimum absolute atomic E-state index is 0.0635. The second-order valence-corrected chi connectivity index (χ2v) is 7.27. The summed E-state index contributed by atoms with van der Waals surface area (Å²) in [5, 5.41) is 6.34. The maximum atomic E-state index is 13.0. The number of halogens is 3. The minimum Gasteiger partial charge on any atom is -0.476 e. The van der Waals surface area contributed by atoms with Crippen LogP contribution in [0, 0.1) is 11.3 Å². The number of carbonyl (C=O) groups is 1. The van der Waals surface area contributed by atoms with Crippen LogP contribution < -0.4 is 15.4 Å². The molecule has 0 aromatic carbocycles. The highest BCUT2D eigenvalue weighted by Crippen LogP contribution is 2.35. The predicted octanol–water partition coefficient (Wildman–Crippen LogP) is 3.01. The maximum Gasteiger partial charge on any atom is 0.421 e. The molecule has 1 fully saturated rings. The standard InChI is InChI=1S/C18H26F3N3O2/c1-4-12-10-22-9-7-14(12)24-16(25)17(2,3)11-26-15-13(18(19,20)21)6-5-8-23-15/h5-6,8,12,14,22H,4,7,9-11H2,1-3H3,(H,24,25). The van der Waals surface area contributed by atoms with Crippen LogP contribution in [0.5, 0.6) is 5.88 Å². The Kier molecular flexibility index (Phi) is 6.49. The number of piperidine rings is 1.